The van der Waals surface area contributed by atoms with Gasteiger partial charge in [-0.3, -0.25) is 0 Å². The number of nitrogens with zero attached hydrogens (tertiary/aromatic N) is 1. The standard InChI is InChI=1S/C17H24N2S2/c1-4-10-18-15(14-8-6-5-7-9-14)16(13(2)3)21-17-19-11-12-20-17/h5-9,11-13,15-16,18H,4,10H2,1-3H3. The molecule has 1 aromatic heterocycles. The number of aromatic nitrogens is 1. The topological polar surface area (TPSA) is 24.9 Å². The molecule has 21 heavy (non-hydrogen) atoms. The molecule has 2 unspecified atom stereocenters. The summed E-state index contributed by atoms with van der Waals surface area (Å²) in [7, 11) is 0. The summed E-state index contributed by atoms with van der Waals surface area (Å²) in [6.45, 7) is 7.86. The van der Waals surface area contributed by atoms with Crippen molar-refractivity contribution >= 4 is 23.1 Å². The fourth-order valence-corrected chi connectivity index (χ4v) is 4.46. The molecule has 114 valence electrons. The highest BCUT2D eigenvalue weighted by Gasteiger charge is 2.27. The van der Waals surface area contributed by atoms with Gasteiger partial charge in [0.1, 0.15) is 4.34 Å². The second-order valence-corrected chi connectivity index (χ2v) is 7.79. The molecule has 0 amide bonds. The molecular weight excluding hydrogens is 296 g/mol. The van der Waals surface area contributed by atoms with Gasteiger partial charge in [0.25, 0.3) is 0 Å². The van der Waals surface area contributed by atoms with Crippen LogP contribution in [0.3, 0.4) is 0 Å². The van der Waals surface area contributed by atoms with Crippen LogP contribution >= 0.6 is 23.1 Å². The monoisotopic (exact) mass is 320 g/mol. The average molecular weight is 321 g/mol. The van der Waals surface area contributed by atoms with Crippen molar-refractivity contribution in [2.45, 2.75) is 42.8 Å². The van der Waals surface area contributed by atoms with Gasteiger partial charge in [0.15, 0.2) is 0 Å². The second kappa shape index (κ2) is 8.57. The quantitative estimate of drug-likeness (QED) is 0.693. The molecule has 0 saturated carbocycles. The fraction of sp³-hybridized carbons (Fsp3) is 0.471. The molecule has 0 aliphatic carbocycles. The lowest BCUT2D eigenvalue weighted by Crippen LogP contribution is -2.33. The Labute approximate surface area is 136 Å². The molecule has 2 atom stereocenters. The largest absolute Gasteiger partial charge is 0.309 e. The number of nitrogens with one attached hydrogen (secondary N) is 1. The molecule has 2 nitrogen and oxygen atoms in total. The van der Waals surface area contributed by atoms with E-state index in [1.165, 1.54) is 5.56 Å². The number of thioether (sulfide) groups is 1. The molecule has 2 aromatic rings. The maximum absolute atomic E-state index is 4.45. The van der Waals surface area contributed by atoms with Gasteiger partial charge in [0.2, 0.25) is 0 Å². The van der Waals surface area contributed by atoms with Crippen LogP contribution in [0.2, 0.25) is 0 Å². The zero-order chi connectivity index (χ0) is 15.1. The molecule has 1 aromatic carbocycles. The molecular formula is C17H24N2S2. The van der Waals surface area contributed by atoms with E-state index in [-0.39, 0.29) is 0 Å². The van der Waals surface area contributed by atoms with Gasteiger partial charge in [0.05, 0.1) is 0 Å². The fourth-order valence-electron chi connectivity index (χ4n) is 2.36. The number of hydrogen-bond donors (Lipinski definition) is 1. The summed E-state index contributed by atoms with van der Waals surface area (Å²) in [6, 6.07) is 11.2. The van der Waals surface area contributed by atoms with Crippen LogP contribution in [0.4, 0.5) is 0 Å². The van der Waals surface area contributed by atoms with E-state index in [0.29, 0.717) is 17.2 Å². The zero-order valence-corrected chi connectivity index (χ0v) is 14.6. The third-order valence-electron chi connectivity index (χ3n) is 3.41. The molecule has 0 spiro atoms. The third kappa shape index (κ3) is 4.83. The number of thiazole rings is 1. The Kier molecular flexibility index (Phi) is 6.74. The van der Waals surface area contributed by atoms with E-state index in [2.05, 4.69) is 66.8 Å². The van der Waals surface area contributed by atoms with Crippen molar-refractivity contribution in [3.05, 3.63) is 47.5 Å². The van der Waals surface area contributed by atoms with E-state index in [9.17, 15) is 0 Å². The summed E-state index contributed by atoms with van der Waals surface area (Å²) < 4.78 is 1.16. The minimum atomic E-state index is 0.361. The van der Waals surface area contributed by atoms with Crippen molar-refractivity contribution in [2.24, 2.45) is 5.92 Å². The zero-order valence-electron chi connectivity index (χ0n) is 13.0. The number of hydrogen-bond acceptors (Lipinski definition) is 4. The van der Waals surface area contributed by atoms with Crippen LogP contribution < -0.4 is 5.32 Å². The van der Waals surface area contributed by atoms with E-state index in [4.69, 9.17) is 0 Å². The van der Waals surface area contributed by atoms with Crippen LogP contribution in [0.15, 0.2) is 46.2 Å². The predicted octanol–water partition coefficient (Wildman–Crippen LogP) is 5.00. The minimum absolute atomic E-state index is 0.361. The lowest BCUT2D eigenvalue weighted by atomic mass is 9.96. The Morgan fingerprint density at radius 1 is 1.24 bits per heavy atom. The SMILES string of the molecule is CCCNC(c1ccccc1)C(Sc1nccs1)C(C)C. The second-order valence-electron chi connectivity index (χ2n) is 5.47. The highest BCUT2D eigenvalue weighted by molar-refractivity contribution is 8.01. The first kappa shape index (κ1) is 16.5. The Morgan fingerprint density at radius 2 is 2.00 bits per heavy atom. The lowest BCUT2D eigenvalue weighted by molar-refractivity contribution is 0.444. The molecule has 0 aliphatic rings. The maximum Gasteiger partial charge on any atom is 0.150 e. The molecule has 0 saturated heterocycles. The normalized spacial score (nSPS) is 14.3. The average Bonchev–Trinajstić information content (AvgIpc) is 3.00. The molecule has 0 bridgehead atoms. The van der Waals surface area contributed by atoms with Gasteiger partial charge >= 0.3 is 0 Å². The first-order valence-electron chi connectivity index (χ1n) is 7.56. The molecule has 1 heterocycles. The highest BCUT2D eigenvalue weighted by atomic mass is 32.2. The van der Waals surface area contributed by atoms with Gasteiger partial charge in [-0.1, -0.05) is 62.9 Å². The molecule has 2 rings (SSSR count). The first-order chi connectivity index (χ1) is 10.2. The van der Waals surface area contributed by atoms with E-state index < -0.39 is 0 Å². The van der Waals surface area contributed by atoms with Crippen molar-refractivity contribution in [1.29, 1.82) is 0 Å². The molecule has 0 fully saturated rings. The van der Waals surface area contributed by atoms with Crippen LogP contribution in [0.5, 0.6) is 0 Å². The summed E-state index contributed by atoms with van der Waals surface area (Å²) in [6.07, 6.45) is 3.04. The first-order valence-corrected chi connectivity index (χ1v) is 9.32. The van der Waals surface area contributed by atoms with E-state index in [1.807, 2.05) is 18.0 Å². The van der Waals surface area contributed by atoms with Crippen molar-refractivity contribution in [1.82, 2.24) is 10.3 Å². The molecule has 0 radical (unpaired) electrons. The van der Waals surface area contributed by atoms with Gasteiger partial charge < -0.3 is 5.32 Å². The minimum Gasteiger partial charge on any atom is -0.309 e. The third-order valence-corrected chi connectivity index (χ3v) is 5.94. The van der Waals surface area contributed by atoms with Gasteiger partial charge in [-0.2, -0.15) is 0 Å². The van der Waals surface area contributed by atoms with Crippen LogP contribution in [0.1, 0.15) is 38.8 Å². The number of rotatable bonds is 8. The van der Waals surface area contributed by atoms with Crippen molar-refractivity contribution in [3.63, 3.8) is 0 Å². The van der Waals surface area contributed by atoms with E-state index >= 15 is 0 Å². The van der Waals surface area contributed by atoms with Gasteiger partial charge in [0, 0.05) is 22.9 Å². The lowest BCUT2D eigenvalue weighted by Gasteiger charge is -2.30. The molecule has 1 N–H and O–H groups in total. The Bertz CT molecular complexity index is 497. The van der Waals surface area contributed by atoms with Crippen molar-refractivity contribution < 1.29 is 0 Å². The Balaban J connectivity index is 2.22. The summed E-state index contributed by atoms with van der Waals surface area (Å²) in [4.78, 5) is 4.45. The Hall–Kier alpha value is -0.840. The highest BCUT2D eigenvalue weighted by Crippen LogP contribution is 2.37. The van der Waals surface area contributed by atoms with Crippen LogP contribution in [-0.2, 0) is 0 Å². The molecule has 0 aliphatic heterocycles. The van der Waals surface area contributed by atoms with E-state index in [1.54, 1.807) is 11.3 Å². The summed E-state index contributed by atoms with van der Waals surface area (Å²) in [5.74, 6) is 0.577. The van der Waals surface area contributed by atoms with Crippen LogP contribution in [0, 0.1) is 5.92 Å². The smallest absolute Gasteiger partial charge is 0.150 e. The van der Waals surface area contributed by atoms with Crippen molar-refractivity contribution in [3.8, 4) is 0 Å². The van der Waals surface area contributed by atoms with Gasteiger partial charge in [-0.15, -0.1) is 11.3 Å². The van der Waals surface area contributed by atoms with Crippen LogP contribution in [0.25, 0.3) is 0 Å². The summed E-state index contributed by atoms with van der Waals surface area (Å²) in [5.41, 5.74) is 1.37. The van der Waals surface area contributed by atoms with Crippen molar-refractivity contribution in [2.75, 3.05) is 6.54 Å². The molecule has 4 heteroatoms. The summed E-state index contributed by atoms with van der Waals surface area (Å²) >= 11 is 3.63. The number of benzene rings is 1. The summed E-state index contributed by atoms with van der Waals surface area (Å²) in [5, 5.41) is 6.26. The van der Waals surface area contributed by atoms with Gasteiger partial charge in [-0.25, -0.2) is 4.98 Å². The maximum atomic E-state index is 4.45. The van der Waals surface area contributed by atoms with E-state index in [0.717, 1.165) is 17.3 Å². The Morgan fingerprint density at radius 3 is 2.57 bits per heavy atom. The predicted molar refractivity (Wildman–Crippen MR) is 94.1 cm³/mol. The van der Waals surface area contributed by atoms with Crippen LogP contribution in [-0.4, -0.2) is 16.8 Å². The van der Waals surface area contributed by atoms with Gasteiger partial charge in [-0.05, 0) is 24.4 Å².